The van der Waals surface area contributed by atoms with E-state index >= 15 is 0 Å². The number of phenols is 1. The molecule has 0 fully saturated rings. The molecule has 0 unspecified atom stereocenters. The van der Waals surface area contributed by atoms with Crippen molar-refractivity contribution >= 4 is 5.91 Å². The summed E-state index contributed by atoms with van der Waals surface area (Å²) < 4.78 is 13.0. The minimum absolute atomic E-state index is 0.0980. The average molecular weight is 239 g/mol. The van der Waals surface area contributed by atoms with E-state index in [0.717, 1.165) is 18.2 Å². The summed E-state index contributed by atoms with van der Waals surface area (Å²) in [6.07, 6.45) is 1.49. The first-order chi connectivity index (χ1) is 8.10. The van der Waals surface area contributed by atoms with Crippen molar-refractivity contribution in [1.82, 2.24) is 4.90 Å². The number of halogens is 1. The summed E-state index contributed by atoms with van der Waals surface area (Å²) >= 11 is 0. The van der Waals surface area contributed by atoms with Crippen molar-refractivity contribution in [3.05, 3.63) is 42.2 Å². The zero-order valence-electron chi connectivity index (χ0n) is 9.27. The number of aromatic hydroxyl groups is 1. The van der Waals surface area contributed by atoms with Gasteiger partial charge in [-0.15, -0.1) is 6.58 Å². The number of hydrogen-bond acceptors (Lipinski definition) is 3. The summed E-state index contributed by atoms with van der Waals surface area (Å²) in [5.41, 5.74) is -0.125. The number of phenolic OH excluding ortho intramolecular Hbond substituents is 1. The van der Waals surface area contributed by atoms with Crippen LogP contribution >= 0.6 is 0 Å². The molecule has 1 amide bonds. The van der Waals surface area contributed by atoms with E-state index in [2.05, 4.69) is 6.58 Å². The van der Waals surface area contributed by atoms with Crippen LogP contribution in [-0.4, -0.2) is 40.7 Å². The van der Waals surface area contributed by atoms with Crippen molar-refractivity contribution in [2.75, 3.05) is 19.7 Å². The highest BCUT2D eigenvalue weighted by Crippen LogP contribution is 2.19. The van der Waals surface area contributed by atoms with Gasteiger partial charge in [0, 0.05) is 13.1 Å². The summed E-state index contributed by atoms with van der Waals surface area (Å²) in [5.74, 6) is -1.44. The molecule has 5 heteroatoms. The van der Waals surface area contributed by atoms with Gasteiger partial charge in [-0.3, -0.25) is 4.79 Å². The first kappa shape index (κ1) is 13.2. The van der Waals surface area contributed by atoms with Crippen molar-refractivity contribution in [3.8, 4) is 5.75 Å². The molecule has 1 rings (SSSR count). The third kappa shape index (κ3) is 3.29. The molecule has 0 heterocycles. The predicted molar refractivity (Wildman–Crippen MR) is 61.3 cm³/mol. The molecule has 2 N–H and O–H groups in total. The lowest BCUT2D eigenvalue weighted by Gasteiger charge is -2.20. The van der Waals surface area contributed by atoms with Gasteiger partial charge in [0.25, 0.3) is 5.91 Å². The molecule has 17 heavy (non-hydrogen) atoms. The summed E-state index contributed by atoms with van der Waals surface area (Å²) in [4.78, 5) is 13.2. The van der Waals surface area contributed by atoms with Crippen molar-refractivity contribution in [1.29, 1.82) is 0 Å². The molecular formula is C12H14FNO3. The van der Waals surface area contributed by atoms with Crippen LogP contribution in [0, 0.1) is 5.82 Å². The Labute approximate surface area is 98.6 Å². The highest BCUT2D eigenvalue weighted by atomic mass is 19.1. The van der Waals surface area contributed by atoms with Gasteiger partial charge in [-0.25, -0.2) is 4.39 Å². The zero-order valence-corrected chi connectivity index (χ0v) is 9.27. The van der Waals surface area contributed by atoms with Gasteiger partial charge >= 0.3 is 0 Å². The Morgan fingerprint density at radius 1 is 1.53 bits per heavy atom. The fourth-order valence-electron chi connectivity index (χ4n) is 1.40. The molecule has 0 aliphatic heterocycles. The van der Waals surface area contributed by atoms with Crippen molar-refractivity contribution in [2.45, 2.75) is 0 Å². The van der Waals surface area contributed by atoms with Crippen molar-refractivity contribution in [2.24, 2.45) is 0 Å². The Kier molecular flexibility index (Phi) is 4.66. The zero-order chi connectivity index (χ0) is 12.8. The van der Waals surface area contributed by atoms with Crippen molar-refractivity contribution < 1.29 is 19.4 Å². The number of nitrogens with zero attached hydrogens (tertiary/aromatic N) is 1. The van der Waals surface area contributed by atoms with E-state index in [0.29, 0.717) is 0 Å². The summed E-state index contributed by atoms with van der Waals surface area (Å²) in [6, 6.07) is 3.15. The molecule has 0 saturated heterocycles. The molecule has 0 atom stereocenters. The molecule has 0 saturated carbocycles. The van der Waals surface area contributed by atoms with Gasteiger partial charge in [0.1, 0.15) is 11.6 Å². The fourth-order valence-corrected chi connectivity index (χ4v) is 1.40. The normalized spacial score (nSPS) is 10.0. The molecule has 4 nitrogen and oxygen atoms in total. The van der Waals surface area contributed by atoms with Crippen LogP contribution in [-0.2, 0) is 0 Å². The van der Waals surface area contributed by atoms with E-state index in [1.165, 1.54) is 11.0 Å². The van der Waals surface area contributed by atoms with Crippen LogP contribution in [0.4, 0.5) is 4.39 Å². The monoisotopic (exact) mass is 239 g/mol. The third-order valence-corrected chi connectivity index (χ3v) is 2.20. The number of carbonyl (C=O) groups is 1. The minimum Gasteiger partial charge on any atom is -0.507 e. The number of benzene rings is 1. The molecule has 1 aromatic rings. The standard InChI is InChI=1S/C12H14FNO3/c1-2-5-14(6-7-15)12(17)10-8-9(13)3-4-11(10)16/h2-4,8,15-16H,1,5-7H2. The van der Waals surface area contributed by atoms with E-state index < -0.39 is 11.7 Å². The Hall–Kier alpha value is -1.88. The third-order valence-electron chi connectivity index (χ3n) is 2.20. The Morgan fingerprint density at radius 3 is 2.82 bits per heavy atom. The van der Waals surface area contributed by atoms with E-state index in [4.69, 9.17) is 5.11 Å². The van der Waals surface area contributed by atoms with Gasteiger partial charge in [0.05, 0.1) is 12.2 Å². The second-order valence-corrected chi connectivity index (χ2v) is 3.42. The van der Waals surface area contributed by atoms with Crippen LogP contribution in [0.2, 0.25) is 0 Å². The highest BCUT2D eigenvalue weighted by Gasteiger charge is 2.18. The maximum Gasteiger partial charge on any atom is 0.258 e. The molecule has 0 aromatic heterocycles. The van der Waals surface area contributed by atoms with Crippen molar-refractivity contribution in [3.63, 3.8) is 0 Å². The number of aliphatic hydroxyl groups excluding tert-OH is 1. The Bertz CT molecular complexity index is 420. The molecule has 0 aliphatic carbocycles. The van der Waals surface area contributed by atoms with Crippen LogP contribution in [0.3, 0.4) is 0 Å². The quantitative estimate of drug-likeness (QED) is 0.758. The molecule has 0 radical (unpaired) electrons. The largest absolute Gasteiger partial charge is 0.507 e. The van der Waals surface area contributed by atoms with E-state index in [1.54, 1.807) is 0 Å². The number of carbonyl (C=O) groups excluding carboxylic acids is 1. The van der Waals surface area contributed by atoms with Crippen LogP contribution in [0.5, 0.6) is 5.75 Å². The summed E-state index contributed by atoms with van der Waals surface area (Å²) in [5, 5.41) is 18.3. The maximum absolute atomic E-state index is 13.0. The highest BCUT2D eigenvalue weighted by molar-refractivity contribution is 5.96. The Balaban J connectivity index is 2.99. The van der Waals surface area contributed by atoms with Crippen LogP contribution in [0.15, 0.2) is 30.9 Å². The van der Waals surface area contributed by atoms with Gasteiger partial charge in [-0.05, 0) is 18.2 Å². The second kappa shape index (κ2) is 6.00. The second-order valence-electron chi connectivity index (χ2n) is 3.42. The van der Waals surface area contributed by atoms with E-state index in [-0.39, 0.29) is 31.0 Å². The fraction of sp³-hybridized carbons (Fsp3) is 0.250. The molecule has 1 aromatic carbocycles. The molecule has 0 spiro atoms. The SMILES string of the molecule is C=CCN(CCO)C(=O)c1cc(F)ccc1O. The van der Waals surface area contributed by atoms with Crippen LogP contribution in [0.25, 0.3) is 0 Å². The van der Waals surface area contributed by atoms with Crippen LogP contribution < -0.4 is 0 Å². The first-order valence-electron chi connectivity index (χ1n) is 5.09. The minimum atomic E-state index is -0.603. The van der Waals surface area contributed by atoms with Gasteiger partial charge in [-0.1, -0.05) is 6.08 Å². The predicted octanol–water partition coefficient (Wildman–Crippen LogP) is 1.15. The smallest absolute Gasteiger partial charge is 0.258 e. The number of rotatable bonds is 5. The number of amides is 1. The van der Waals surface area contributed by atoms with E-state index in [9.17, 15) is 14.3 Å². The molecular weight excluding hydrogens is 225 g/mol. The lowest BCUT2D eigenvalue weighted by Crippen LogP contribution is -2.33. The van der Waals surface area contributed by atoms with Gasteiger partial charge in [0.2, 0.25) is 0 Å². The first-order valence-corrected chi connectivity index (χ1v) is 5.09. The average Bonchev–Trinajstić information content (AvgIpc) is 2.31. The number of aliphatic hydroxyl groups is 1. The lowest BCUT2D eigenvalue weighted by molar-refractivity contribution is 0.0739. The topological polar surface area (TPSA) is 60.8 Å². The number of hydrogen-bond donors (Lipinski definition) is 2. The Morgan fingerprint density at radius 2 is 2.24 bits per heavy atom. The van der Waals surface area contributed by atoms with Gasteiger partial charge in [0.15, 0.2) is 0 Å². The molecule has 0 bridgehead atoms. The van der Waals surface area contributed by atoms with Gasteiger partial charge < -0.3 is 15.1 Å². The van der Waals surface area contributed by atoms with Crippen LogP contribution in [0.1, 0.15) is 10.4 Å². The summed E-state index contributed by atoms with van der Waals surface area (Å²) in [7, 11) is 0. The maximum atomic E-state index is 13.0. The summed E-state index contributed by atoms with van der Waals surface area (Å²) in [6.45, 7) is 3.59. The molecule has 0 aliphatic rings. The molecule has 92 valence electrons. The van der Waals surface area contributed by atoms with Gasteiger partial charge in [-0.2, -0.15) is 0 Å². The van der Waals surface area contributed by atoms with E-state index in [1.807, 2.05) is 0 Å². The lowest BCUT2D eigenvalue weighted by atomic mass is 10.1.